The van der Waals surface area contributed by atoms with Crippen LogP contribution in [0.3, 0.4) is 0 Å². The van der Waals surface area contributed by atoms with Gasteiger partial charge in [-0.1, -0.05) is 31.2 Å². The molecule has 2 rings (SSSR count). The molecule has 2 heteroatoms. The van der Waals surface area contributed by atoms with Crippen molar-refractivity contribution in [1.82, 2.24) is 10.2 Å². The van der Waals surface area contributed by atoms with E-state index in [-0.39, 0.29) is 0 Å². The van der Waals surface area contributed by atoms with E-state index in [0.717, 1.165) is 19.6 Å². The van der Waals surface area contributed by atoms with E-state index >= 15 is 0 Å². The Labute approximate surface area is 105 Å². The number of nitrogens with one attached hydrogen (secondary N) is 1. The Morgan fingerprint density at radius 3 is 2.29 bits per heavy atom. The monoisotopic (exact) mass is 232 g/mol. The first-order valence-electron chi connectivity index (χ1n) is 6.75. The van der Waals surface area contributed by atoms with E-state index in [2.05, 4.69) is 55.3 Å². The van der Waals surface area contributed by atoms with Gasteiger partial charge in [0.2, 0.25) is 0 Å². The third-order valence-corrected chi connectivity index (χ3v) is 3.86. The Morgan fingerprint density at radius 1 is 1.18 bits per heavy atom. The second-order valence-electron chi connectivity index (χ2n) is 5.24. The molecule has 0 spiro atoms. The summed E-state index contributed by atoms with van der Waals surface area (Å²) >= 11 is 0. The zero-order valence-corrected chi connectivity index (χ0v) is 11.2. The normalized spacial score (nSPS) is 19.0. The minimum atomic E-state index is 0.608. The maximum atomic E-state index is 3.59. The minimum absolute atomic E-state index is 0.608. The lowest BCUT2D eigenvalue weighted by molar-refractivity contribution is 0.204. The summed E-state index contributed by atoms with van der Waals surface area (Å²) in [5.74, 6) is 0. The second kappa shape index (κ2) is 5.65. The molecule has 0 amide bonds. The molecule has 0 saturated heterocycles. The summed E-state index contributed by atoms with van der Waals surface area (Å²) < 4.78 is 0. The van der Waals surface area contributed by atoms with Crippen LogP contribution in [0, 0.1) is 0 Å². The zero-order chi connectivity index (χ0) is 12.3. The summed E-state index contributed by atoms with van der Waals surface area (Å²) in [5, 5.41) is 3.59. The van der Waals surface area contributed by atoms with Crippen molar-refractivity contribution in [2.75, 3.05) is 6.54 Å². The van der Waals surface area contributed by atoms with Gasteiger partial charge in [0.1, 0.15) is 0 Å². The molecule has 0 radical (unpaired) electrons. The first-order chi connectivity index (χ1) is 8.20. The quantitative estimate of drug-likeness (QED) is 0.840. The molecule has 1 aromatic carbocycles. The molecule has 17 heavy (non-hydrogen) atoms. The molecule has 1 aliphatic heterocycles. The average Bonchev–Trinajstić information content (AvgIpc) is 2.79. The zero-order valence-electron chi connectivity index (χ0n) is 11.2. The smallest absolute Gasteiger partial charge is 0.0243 e. The first kappa shape index (κ1) is 12.6. The standard InChI is InChI=1S/C15H24N2/c1-4-12(2)16-9-13(3)17-10-14-7-5-6-8-15(14)11-17/h5-8,12-13,16H,4,9-11H2,1-3H3. The van der Waals surface area contributed by atoms with Gasteiger partial charge in [-0.3, -0.25) is 4.90 Å². The number of hydrogen-bond acceptors (Lipinski definition) is 2. The average molecular weight is 232 g/mol. The number of fused-ring (bicyclic) bond motifs is 1. The summed E-state index contributed by atoms with van der Waals surface area (Å²) in [6.07, 6.45) is 1.20. The van der Waals surface area contributed by atoms with Crippen LogP contribution in [0.15, 0.2) is 24.3 Å². The predicted octanol–water partition coefficient (Wildman–Crippen LogP) is 2.78. The molecule has 0 aromatic heterocycles. The first-order valence-corrected chi connectivity index (χ1v) is 6.75. The molecule has 0 aliphatic carbocycles. The summed E-state index contributed by atoms with van der Waals surface area (Å²) in [5.41, 5.74) is 3.01. The topological polar surface area (TPSA) is 15.3 Å². The molecule has 2 atom stereocenters. The Hall–Kier alpha value is -0.860. The summed E-state index contributed by atoms with van der Waals surface area (Å²) in [6, 6.07) is 10.0. The lowest BCUT2D eigenvalue weighted by Crippen LogP contribution is -2.40. The highest BCUT2D eigenvalue weighted by molar-refractivity contribution is 5.30. The Morgan fingerprint density at radius 2 is 1.76 bits per heavy atom. The van der Waals surface area contributed by atoms with E-state index in [1.807, 2.05) is 0 Å². The predicted molar refractivity (Wildman–Crippen MR) is 72.9 cm³/mol. The lowest BCUT2D eigenvalue weighted by atomic mass is 10.1. The van der Waals surface area contributed by atoms with E-state index in [1.165, 1.54) is 17.5 Å². The van der Waals surface area contributed by atoms with Crippen LogP contribution in [0.1, 0.15) is 38.3 Å². The summed E-state index contributed by atoms with van der Waals surface area (Å²) in [4.78, 5) is 2.56. The molecule has 0 saturated carbocycles. The number of nitrogens with zero attached hydrogens (tertiary/aromatic N) is 1. The maximum absolute atomic E-state index is 3.59. The van der Waals surface area contributed by atoms with Gasteiger partial charge < -0.3 is 5.32 Å². The summed E-state index contributed by atoms with van der Waals surface area (Å²) in [7, 11) is 0. The van der Waals surface area contributed by atoms with Gasteiger partial charge in [-0.2, -0.15) is 0 Å². The Bertz CT molecular complexity index is 337. The highest BCUT2D eigenvalue weighted by atomic mass is 15.2. The van der Waals surface area contributed by atoms with Crippen LogP contribution in [-0.2, 0) is 13.1 Å². The fraction of sp³-hybridized carbons (Fsp3) is 0.600. The molecule has 0 fully saturated rings. The van der Waals surface area contributed by atoms with E-state index < -0.39 is 0 Å². The minimum Gasteiger partial charge on any atom is -0.313 e. The van der Waals surface area contributed by atoms with Crippen LogP contribution >= 0.6 is 0 Å². The Balaban J connectivity index is 1.85. The van der Waals surface area contributed by atoms with Crippen molar-refractivity contribution < 1.29 is 0 Å². The van der Waals surface area contributed by atoms with Crippen LogP contribution in [0.25, 0.3) is 0 Å². The van der Waals surface area contributed by atoms with Crippen LogP contribution < -0.4 is 5.32 Å². The molecule has 1 aliphatic rings. The third-order valence-electron chi connectivity index (χ3n) is 3.86. The van der Waals surface area contributed by atoms with Crippen molar-refractivity contribution in [2.24, 2.45) is 0 Å². The number of rotatable bonds is 5. The Kier molecular flexibility index (Phi) is 4.19. The molecular weight excluding hydrogens is 208 g/mol. The fourth-order valence-corrected chi connectivity index (χ4v) is 2.32. The van der Waals surface area contributed by atoms with E-state index in [0.29, 0.717) is 12.1 Å². The number of hydrogen-bond donors (Lipinski definition) is 1. The molecule has 1 heterocycles. The highest BCUT2D eigenvalue weighted by Crippen LogP contribution is 2.23. The van der Waals surface area contributed by atoms with Gasteiger partial charge in [-0.05, 0) is 31.4 Å². The summed E-state index contributed by atoms with van der Waals surface area (Å²) in [6.45, 7) is 10.1. The molecule has 2 unspecified atom stereocenters. The van der Waals surface area contributed by atoms with Crippen LogP contribution in [0.4, 0.5) is 0 Å². The van der Waals surface area contributed by atoms with Crippen molar-refractivity contribution >= 4 is 0 Å². The maximum Gasteiger partial charge on any atom is 0.0243 e. The van der Waals surface area contributed by atoms with Crippen LogP contribution in [-0.4, -0.2) is 23.5 Å². The van der Waals surface area contributed by atoms with Gasteiger partial charge in [-0.15, -0.1) is 0 Å². The molecular formula is C15H24N2. The highest BCUT2D eigenvalue weighted by Gasteiger charge is 2.22. The number of benzene rings is 1. The molecule has 1 N–H and O–H groups in total. The van der Waals surface area contributed by atoms with Crippen LogP contribution in [0.5, 0.6) is 0 Å². The lowest BCUT2D eigenvalue weighted by Gasteiger charge is -2.25. The van der Waals surface area contributed by atoms with Crippen molar-refractivity contribution in [2.45, 2.75) is 52.4 Å². The van der Waals surface area contributed by atoms with Crippen molar-refractivity contribution in [3.63, 3.8) is 0 Å². The SMILES string of the molecule is CCC(C)NCC(C)N1Cc2ccccc2C1. The van der Waals surface area contributed by atoms with E-state index in [9.17, 15) is 0 Å². The van der Waals surface area contributed by atoms with Crippen molar-refractivity contribution in [3.05, 3.63) is 35.4 Å². The van der Waals surface area contributed by atoms with E-state index in [4.69, 9.17) is 0 Å². The van der Waals surface area contributed by atoms with Gasteiger partial charge in [0.05, 0.1) is 0 Å². The van der Waals surface area contributed by atoms with Gasteiger partial charge in [0.15, 0.2) is 0 Å². The van der Waals surface area contributed by atoms with E-state index in [1.54, 1.807) is 0 Å². The molecule has 2 nitrogen and oxygen atoms in total. The van der Waals surface area contributed by atoms with Crippen molar-refractivity contribution in [3.8, 4) is 0 Å². The van der Waals surface area contributed by atoms with Crippen molar-refractivity contribution in [1.29, 1.82) is 0 Å². The second-order valence-corrected chi connectivity index (χ2v) is 5.24. The van der Waals surface area contributed by atoms with Gasteiger partial charge in [-0.25, -0.2) is 0 Å². The molecule has 0 bridgehead atoms. The fourth-order valence-electron chi connectivity index (χ4n) is 2.32. The molecule has 1 aromatic rings. The van der Waals surface area contributed by atoms with Gasteiger partial charge >= 0.3 is 0 Å². The van der Waals surface area contributed by atoms with Gasteiger partial charge in [0, 0.05) is 31.7 Å². The van der Waals surface area contributed by atoms with Gasteiger partial charge in [0.25, 0.3) is 0 Å². The largest absolute Gasteiger partial charge is 0.313 e. The third kappa shape index (κ3) is 3.08. The molecule has 94 valence electrons. The van der Waals surface area contributed by atoms with Crippen LogP contribution in [0.2, 0.25) is 0 Å².